The SMILES string of the molecule is CCCCNC(=O)[C@H](CC)N(Cc1c(Cl)cccc1Cl)C(=O)CSCc1ccccc1Cl. The minimum atomic E-state index is -0.604. The highest BCUT2D eigenvalue weighted by Crippen LogP contribution is 2.28. The van der Waals surface area contributed by atoms with Gasteiger partial charge < -0.3 is 10.2 Å². The molecule has 0 spiro atoms. The number of benzene rings is 2. The zero-order valence-corrected chi connectivity index (χ0v) is 21.5. The van der Waals surface area contributed by atoms with Gasteiger partial charge in [0.15, 0.2) is 0 Å². The van der Waals surface area contributed by atoms with Gasteiger partial charge in [0.2, 0.25) is 11.8 Å². The van der Waals surface area contributed by atoms with Crippen LogP contribution in [0.2, 0.25) is 15.1 Å². The minimum Gasteiger partial charge on any atom is -0.354 e. The topological polar surface area (TPSA) is 49.4 Å². The third-order valence-corrected chi connectivity index (χ3v) is 7.09. The van der Waals surface area contributed by atoms with E-state index >= 15 is 0 Å². The summed E-state index contributed by atoms with van der Waals surface area (Å²) in [6.07, 6.45) is 2.36. The first-order valence-corrected chi connectivity index (χ1v) is 13.0. The molecular weight excluding hydrogens is 487 g/mol. The van der Waals surface area contributed by atoms with Crippen molar-refractivity contribution in [1.82, 2.24) is 10.2 Å². The molecule has 2 aromatic rings. The van der Waals surface area contributed by atoms with Crippen molar-refractivity contribution >= 4 is 58.4 Å². The van der Waals surface area contributed by atoms with Gasteiger partial charge in [0.1, 0.15) is 6.04 Å². The van der Waals surface area contributed by atoms with Crippen molar-refractivity contribution in [2.24, 2.45) is 0 Å². The maximum Gasteiger partial charge on any atom is 0.242 e. The Morgan fingerprint density at radius 3 is 2.28 bits per heavy atom. The van der Waals surface area contributed by atoms with Crippen LogP contribution in [0.1, 0.15) is 44.2 Å². The van der Waals surface area contributed by atoms with Gasteiger partial charge >= 0.3 is 0 Å². The Morgan fingerprint density at radius 2 is 1.66 bits per heavy atom. The Hall–Kier alpha value is -1.40. The Labute approximate surface area is 210 Å². The Bertz CT molecular complexity index is 890. The zero-order chi connectivity index (χ0) is 23.5. The van der Waals surface area contributed by atoms with E-state index < -0.39 is 6.04 Å². The van der Waals surface area contributed by atoms with Crippen LogP contribution in [0.25, 0.3) is 0 Å². The molecule has 0 fully saturated rings. The predicted octanol–water partition coefficient (Wildman–Crippen LogP) is 6.60. The number of hydrogen-bond donors (Lipinski definition) is 1. The first kappa shape index (κ1) is 26.8. The lowest BCUT2D eigenvalue weighted by Gasteiger charge is -2.31. The third kappa shape index (κ3) is 7.87. The molecular formula is C24H29Cl3N2O2S. The highest BCUT2D eigenvalue weighted by molar-refractivity contribution is 7.99. The number of halogens is 3. The fourth-order valence-electron chi connectivity index (χ4n) is 3.23. The highest BCUT2D eigenvalue weighted by Gasteiger charge is 2.29. The number of carbonyl (C=O) groups is 2. The molecule has 1 atom stereocenters. The van der Waals surface area contributed by atoms with Gasteiger partial charge in [0.25, 0.3) is 0 Å². The summed E-state index contributed by atoms with van der Waals surface area (Å²) in [5.74, 6) is 0.515. The van der Waals surface area contributed by atoms with Gasteiger partial charge in [0.05, 0.1) is 5.75 Å². The number of thioether (sulfide) groups is 1. The molecule has 0 aliphatic rings. The van der Waals surface area contributed by atoms with Crippen molar-refractivity contribution in [3.05, 3.63) is 68.7 Å². The number of rotatable bonds is 12. The van der Waals surface area contributed by atoms with Gasteiger partial charge in [-0.15, -0.1) is 11.8 Å². The Kier molecular flexibility index (Phi) is 11.7. The van der Waals surface area contributed by atoms with Crippen molar-refractivity contribution in [3.8, 4) is 0 Å². The molecule has 0 saturated carbocycles. The summed E-state index contributed by atoms with van der Waals surface area (Å²) >= 11 is 20.4. The maximum atomic E-state index is 13.3. The summed E-state index contributed by atoms with van der Waals surface area (Å²) in [6.45, 7) is 4.72. The lowest BCUT2D eigenvalue weighted by Crippen LogP contribution is -2.49. The van der Waals surface area contributed by atoms with E-state index in [9.17, 15) is 9.59 Å². The van der Waals surface area contributed by atoms with Crippen molar-refractivity contribution in [1.29, 1.82) is 0 Å². The first-order valence-electron chi connectivity index (χ1n) is 10.7. The molecule has 174 valence electrons. The molecule has 2 aromatic carbocycles. The van der Waals surface area contributed by atoms with Crippen molar-refractivity contribution < 1.29 is 9.59 Å². The van der Waals surface area contributed by atoms with Crippen LogP contribution < -0.4 is 5.32 Å². The predicted molar refractivity (Wildman–Crippen MR) is 137 cm³/mol. The third-order valence-electron chi connectivity index (χ3n) is 5.05. The molecule has 8 heteroatoms. The average Bonchev–Trinajstić information content (AvgIpc) is 2.77. The summed E-state index contributed by atoms with van der Waals surface area (Å²) in [5, 5.41) is 4.57. The average molecular weight is 516 g/mol. The maximum absolute atomic E-state index is 13.3. The molecule has 0 bridgehead atoms. The van der Waals surface area contributed by atoms with E-state index in [1.54, 1.807) is 23.1 Å². The highest BCUT2D eigenvalue weighted by atomic mass is 35.5. The molecule has 2 amide bonds. The second-order valence-electron chi connectivity index (χ2n) is 7.37. The van der Waals surface area contributed by atoms with Crippen LogP contribution in [0, 0.1) is 0 Å². The lowest BCUT2D eigenvalue weighted by molar-refractivity contribution is -0.139. The second-order valence-corrected chi connectivity index (χ2v) is 9.58. The molecule has 0 heterocycles. The smallest absolute Gasteiger partial charge is 0.242 e. The molecule has 2 rings (SSSR count). The van der Waals surface area contributed by atoms with E-state index in [0.717, 1.165) is 18.4 Å². The molecule has 0 saturated heterocycles. The molecule has 0 unspecified atom stereocenters. The fraction of sp³-hybridized carbons (Fsp3) is 0.417. The number of hydrogen-bond acceptors (Lipinski definition) is 3. The zero-order valence-electron chi connectivity index (χ0n) is 18.4. The van der Waals surface area contributed by atoms with Gasteiger partial charge in [0, 0.05) is 39.5 Å². The van der Waals surface area contributed by atoms with Crippen molar-refractivity contribution in [2.75, 3.05) is 12.3 Å². The van der Waals surface area contributed by atoms with Crippen LogP contribution in [0.3, 0.4) is 0 Å². The van der Waals surface area contributed by atoms with Gasteiger partial charge in [-0.3, -0.25) is 9.59 Å². The summed E-state index contributed by atoms with van der Waals surface area (Å²) < 4.78 is 0. The number of nitrogens with one attached hydrogen (secondary N) is 1. The van der Waals surface area contributed by atoms with E-state index in [0.29, 0.717) is 39.3 Å². The summed E-state index contributed by atoms with van der Waals surface area (Å²) in [6, 6.07) is 12.2. The molecule has 1 N–H and O–H groups in total. The molecule has 0 aromatic heterocycles. The fourth-order valence-corrected chi connectivity index (χ4v) is 4.94. The van der Waals surface area contributed by atoms with Crippen molar-refractivity contribution in [2.45, 2.75) is 51.4 Å². The largest absolute Gasteiger partial charge is 0.354 e. The molecule has 0 aliphatic carbocycles. The van der Waals surface area contributed by atoms with E-state index in [1.165, 1.54) is 11.8 Å². The Balaban J connectivity index is 2.18. The normalized spacial score (nSPS) is 11.8. The minimum absolute atomic E-state index is 0.143. The van der Waals surface area contributed by atoms with Crippen LogP contribution in [0.4, 0.5) is 0 Å². The summed E-state index contributed by atoms with van der Waals surface area (Å²) in [4.78, 5) is 27.8. The van der Waals surface area contributed by atoms with E-state index in [-0.39, 0.29) is 24.1 Å². The number of unbranched alkanes of at least 4 members (excludes halogenated alkanes) is 1. The van der Waals surface area contributed by atoms with Crippen LogP contribution >= 0.6 is 46.6 Å². The van der Waals surface area contributed by atoms with Crippen LogP contribution in [-0.2, 0) is 21.9 Å². The number of amides is 2. The van der Waals surface area contributed by atoms with Crippen LogP contribution in [0.15, 0.2) is 42.5 Å². The van der Waals surface area contributed by atoms with E-state index in [2.05, 4.69) is 12.2 Å². The Morgan fingerprint density at radius 1 is 1.00 bits per heavy atom. The standard InChI is InChI=1S/C24H29Cl3N2O2S/c1-3-5-13-28-24(31)22(4-2)29(14-18-20(26)11-8-12-21(18)27)23(30)16-32-15-17-9-6-7-10-19(17)25/h6-12,22H,3-5,13-16H2,1-2H3,(H,28,31)/t22-/m0/s1. The van der Waals surface area contributed by atoms with Gasteiger partial charge in [-0.1, -0.05) is 79.3 Å². The molecule has 4 nitrogen and oxygen atoms in total. The van der Waals surface area contributed by atoms with Gasteiger partial charge in [-0.05, 0) is 36.6 Å². The monoisotopic (exact) mass is 514 g/mol. The summed E-state index contributed by atoms with van der Waals surface area (Å²) in [5.41, 5.74) is 1.61. The van der Waals surface area contributed by atoms with Crippen LogP contribution in [-0.4, -0.2) is 35.1 Å². The number of nitrogens with zero attached hydrogens (tertiary/aromatic N) is 1. The van der Waals surface area contributed by atoms with E-state index in [4.69, 9.17) is 34.8 Å². The van der Waals surface area contributed by atoms with Crippen LogP contribution in [0.5, 0.6) is 0 Å². The van der Waals surface area contributed by atoms with Gasteiger partial charge in [-0.25, -0.2) is 0 Å². The second kappa shape index (κ2) is 14.0. The lowest BCUT2D eigenvalue weighted by atomic mass is 10.1. The quantitative estimate of drug-likeness (QED) is 0.324. The van der Waals surface area contributed by atoms with E-state index in [1.807, 2.05) is 31.2 Å². The first-order chi connectivity index (χ1) is 15.4. The van der Waals surface area contributed by atoms with Crippen molar-refractivity contribution in [3.63, 3.8) is 0 Å². The number of carbonyl (C=O) groups excluding carboxylic acids is 2. The molecule has 0 radical (unpaired) electrons. The molecule has 0 aliphatic heterocycles. The van der Waals surface area contributed by atoms with Gasteiger partial charge in [-0.2, -0.15) is 0 Å². The molecule has 32 heavy (non-hydrogen) atoms. The summed E-state index contributed by atoms with van der Waals surface area (Å²) in [7, 11) is 0.